The molecule has 0 spiro atoms. The molecule has 0 unspecified atom stereocenters. The fourth-order valence-corrected chi connectivity index (χ4v) is 3.67. The van der Waals surface area contributed by atoms with E-state index in [4.69, 9.17) is 0 Å². The lowest BCUT2D eigenvalue weighted by Crippen LogP contribution is -2.23. The van der Waals surface area contributed by atoms with E-state index in [1.807, 2.05) is 24.3 Å². The van der Waals surface area contributed by atoms with Crippen molar-refractivity contribution in [2.24, 2.45) is 0 Å². The maximum atomic E-state index is 13.0. The molecule has 0 saturated carbocycles. The number of nitrogens with one attached hydrogen (secondary N) is 1. The zero-order chi connectivity index (χ0) is 15.7. The van der Waals surface area contributed by atoms with Crippen LogP contribution < -0.4 is 5.32 Å². The van der Waals surface area contributed by atoms with E-state index in [-0.39, 0.29) is 5.69 Å². The van der Waals surface area contributed by atoms with Gasteiger partial charge in [-0.25, -0.2) is 0 Å². The first-order chi connectivity index (χ1) is 10.5. The highest BCUT2D eigenvalue weighted by atomic mass is 32.2. The van der Waals surface area contributed by atoms with Crippen molar-refractivity contribution in [1.82, 2.24) is 0 Å². The van der Waals surface area contributed by atoms with Gasteiger partial charge in [0, 0.05) is 10.6 Å². The van der Waals surface area contributed by atoms with Crippen LogP contribution in [0.15, 0.2) is 53.4 Å². The number of thioether (sulfide) groups is 1. The Kier molecular flexibility index (Phi) is 3.87. The first kappa shape index (κ1) is 15.0. The van der Waals surface area contributed by atoms with E-state index < -0.39 is 23.6 Å². The van der Waals surface area contributed by atoms with Gasteiger partial charge in [0.05, 0.1) is 17.2 Å². The minimum absolute atomic E-state index is 0.200. The van der Waals surface area contributed by atoms with Gasteiger partial charge in [0.25, 0.3) is 0 Å². The van der Waals surface area contributed by atoms with Crippen LogP contribution in [-0.4, -0.2) is 11.7 Å². The van der Waals surface area contributed by atoms with Crippen LogP contribution in [0.25, 0.3) is 0 Å². The summed E-state index contributed by atoms with van der Waals surface area (Å²) in [7, 11) is 0. The maximum Gasteiger partial charge on any atom is 0.418 e. The predicted octanol–water partition coefficient (Wildman–Crippen LogP) is 4.53. The van der Waals surface area contributed by atoms with Gasteiger partial charge in [0.1, 0.15) is 0 Å². The highest BCUT2D eigenvalue weighted by Crippen LogP contribution is 2.40. The van der Waals surface area contributed by atoms with Gasteiger partial charge >= 0.3 is 6.18 Å². The number of anilines is 1. The van der Waals surface area contributed by atoms with E-state index in [1.165, 1.54) is 18.2 Å². The van der Waals surface area contributed by atoms with Crippen molar-refractivity contribution in [1.29, 1.82) is 0 Å². The first-order valence-electron chi connectivity index (χ1n) is 6.65. The molecule has 0 fully saturated rings. The number of halogens is 3. The molecule has 114 valence electrons. The second kappa shape index (κ2) is 5.68. The summed E-state index contributed by atoms with van der Waals surface area (Å²) in [5.41, 5.74) is -0.161. The van der Waals surface area contributed by atoms with Crippen molar-refractivity contribution < 1.29 is 18.0 Å². The van der Waals surface area contributed by atoms with E-state index in [1.54, 1.807) is 11.8 Å². The van der Waals surface area contributed by atoms with E-state index in [0.717, 1.165) is 16.5 Å². The molecule has 0 aromatic heterocycles. The van der Waals surface area contributed by atoms with E-state index >= 15 is 0 Å². The number of rotatable bonds is 2. The molecular formula is C16H12F3NOS. The summed E-state index contributed by atoms with van der Waals surface area (Å²) in [5.74, 6) is -0.295. The van der Waals surface area contributed by atoms with E-state index in [2.05, 4.69) is 5.32 Å². The quantitative estimate of drug-likeness (QED) is 0.879. The molecule has 0 saturated heterocycles. The highest BCUT2D eigenvalue weighted by molar-refractivity contribution is 7.99. The second-order valence-corrected chi connectivity index (χ2v) is 6.00. The standard InChI is InChI=1S/C16H12F3NOS/c17-16(18,19)12-6-2-3-7-13(12)20-15(21)11-9-22-14-8-4-1-5-10(11)14/h1-8,11H,9H2,(H,20,21)/t11-/m0/s1. The minimum atomic E-state index is -4.49. The molecule has 0 aliphatic carbocycles. The Morgan fingerprint density at radius 3 is 2.55 bits per heavy atom. The molecule has 0 radical (unpaired) electrons. The first-order valence-corrected chi connectivity index (χ1v) is 7.64. The summed E-state index contributed by atoms with van der Waals surface area (Å²) in [6.07, 6.45) is -4.49. The van der Waals surface area contributed by atoms with Crippen molar-refractivity contribution in [2.75, 3.05) is 11.1 Å². The summed E-state index contributed by atoms with van der Waals surface area (Å²) in [4.78, 5) is 13.4. The van der Waals surface area contributed by atoms with Crippen LogP contribution in [0.2, 0.25) is 0 Å². The van der Waals surface area contributed by atoms with Gasteiger partial charge in [-0.3, -0.25) is 4.79 Å². The predicted molar refractivity (Wildman–Crippen MR) is 80.0 cm³/mol. The van der Waals surface area contributed by atoms with Crippen molar-refractivity contribution in [3.63, 3.8) is 0 Å². The zero-order valence-electron chi connectivity index (χ0n) is 11.4. The zero-order valence-corrected chi connectivity index (χ0v) is 12.2. The number of fused-ring (bicyclic) bond motifs is 1. The summed E-state index contributed by atoms with van der Waals surface area (Å²) in [6, 6.07) is 12.5. The van der Waals surface area contributed by atoms with Crippen LogP contribution in [0.5, 0.6) is 0 Å². The third-order valence-corrected chi connectivity index (χ3v) is 4.69. The minimum Gasteiger partial charge on any atom is -0.325 e. The van der Waals surface area contributed by atoms with Crippen LogP contribution >= 0.6 is 11.8 Å². The van der Waals surface area contributed by atoms with E-state index in [9.17, 15) is 18.0 Å². The van der Waals surface area contributed by atoms with Crippen molar-refractivity contribution >= 4 is 23.4 Å². The number of benzene rings is 2. The molecule has 1 aliphatic heterocycles. The Hall–Kier alpha value is -1.95. The number of hydrogen-bond donors (Lipinski definition) is 1. The smallest absolute Gasteiger partial charge is 0.325 e. The van der Waals surface area contributed by atoms with Crippen LogP contribution in [-0.2, 0) is 11.0 Å². The monoisotopic (exact) mass is 323 g/mol. The Labute approximate surface area is 129 Å². The third-order valence-electron chi connectivity index (χ3n) is 3.51. The fourth-order valence-electron chi connectivity index (χ4n) is 2.44. The molecule has 1 N–H and O–H groups in total. The molecule has 1 atom stereocenters. The fraction of sp³-hybridized carbons (Fsp3) is 0.188. The summed E-state index contributed by atoms with van der Waals surface area (Å²) >= 11 is 1.54. The molecule has 1 heterocycles. The van der Waals surface area contributed by atoms with Crippen LogP contribution in [0, 0.1) is 0 Å². The summed E-state index contributed by atoms with van der Waals surface area (Å²) < 4.78 is 38.9. The average molecular weight is 323 g/mol. The van der Waals surface area contributed by atoms with Gasteiger partial charge in [-0.2, -0.15) is 13.2 Å². The Morgan fingerprint density at radius 2 is 1.77 bits per heavy atom. The highest BCUT2D eigenvalue weighted by Gasteiger charge is 2.35. The number of para-hydroxylation sites is 1. The van der Waals surface area contributed by atoms with Crippen molar-refractivity contribution in [2.45, 2.75) is 17.0 Å². The molecular weight excluding hydrogens is 311 g/mol. The van der Waals surface area contributed by atoms with E-state index in [0.29, 0.717) is 5.75 Å². The van der Waals surface area contributed by atoms with Gasteiger partial charge in [0.2, 0.25) is 5.91 Å². The molecule has 2 aromatic rings. The third kappa shape index (κ3) is 2.83. The van der Waals surface area contributed by atoms with Crippen LogP contribution in [0.1, 0.15) is 17.0 Å². The number of carbonyl (C=O) groups is 1. The molecule has 2 nitrogen and oxygen atoms in total. The Bertz CT molecular complexity index is 715. The number of hydrogen-bond acceptors (Lipinski definition) is 2. The lowest BCUT2D eigenvalue weighted by atomic mass is 10.00. The molecule has 6 heteroatoms. The lowest BCUT2D eigenvalue weighted by molar-refractivity contribution is -0.137. The lowest BCUT2D eigenvalue weighted by Gasteiger charge is -2.16. The Morgan fingerprint density at radius 1 is 1.09 bits per heavy atom. The number of alkyl halides is 3. The SMILES string of the molecule is O=C(Nc1ccccc1C(F)(F)F)[C@H]1CSc2ccccc21. The number of amides is 1. The molecule has 1 aliphatic rings. The van der Waals surface area contributed by atoms with Crippen LogP contribution in [0.4, 0.5) is 18.9 Å². The molecule has 3 rings (SSSR count). The van der Waals surface area contributed by atoms with Crippen molar-refractivity contribution in [3.05, 3.63) is 59.7 Å². The topological polar surface area (TPSA) is 29.1 Å². The average Bonchev–Trinajstić information content (AvgIpc) is 2.90. The molecule has 22 heavy (non-hydrogen) atoms. The second-order valence-electron chi connectivity index (χ2n) is 4.93. The van der Waals surface area contributed by atoms with Gasteiger partial charge < -0.3 is 5.32 Å². The summed E-state index contributed by atoms with van der Waals surface area (Å²) in [6.45, 7) is 0. The van der Waals surface area contributed by atoms with Gasteiger partial charge in [-0.05, 0) is 23.8 Å². The molecule has 1 amide bonds. The summed E-state index contributed by atoms with van der Waals surface area (Å²) in [5, 5.41) is 2.43. The van der Waals surface area contributed by atoms with Crippen LogP contribution in [0.3, 0.4) is 0 Å². The van der Waals surface area contributed by atoms with Gasteiger partial charge in [-0.1, -0.05) is 30.3 Å². The van der Waals surface area contributed by atoms with Gasteiger partial charge in [0.15, 0.2) is 0 Å². The Balaban J connectivity index is 1.85. The largest absolute Gasteiger partial charge is 0.418 e. The maximum absolute atomic E-state index is 13.0. The number of carbonyl (C=O) groups excluding carboxylic acids is 1. The van der Waals surface area contributed by atoms with Gasteiger partial charge in [-0.15, -0.1) is 11.8 Å². The van der Waals surface area contributed by atoms with Crippen molar-refractivity contribution in [3.8, 4) is 0 Å². The molecule has 0 bridgehead atoms. The normalized spacial score (nSPS) is 17.1. The molecule has 2 aromatic carbocycles.